The highest BCUT2D eigenvalue weighted by atomic mass is 79.9. The van der Waals surface area contributed by atoms with Crippen molar-refractivity contribution in [2.24, 2.45) is 0 Å². The van der Waals surface area contributed by atoms with Gasteiger partial charge in [-0.2, -0.15) is 0 Å². The maximum absolute atomic E-state index is 12.8. The van der Waals surface area contributed by atoms with E-state index in [9.17, 15) is 4.79 Å². The number of hydrogen-bond acceptors (Lipinski definition) is 3. The third-order valence-electron chi connectivity index (χ3n) is 3.85. The van der Waals surface area contributed by atoms with Crippen LogP contribution in [0, 0.1) is 0 Å². The van der Waals surface area contributed by atoms with E-state index in [1.807, 2.05) is 31.7 Å². The normalized spacial score (nSPS) is 16.4. The minimum absolute atomic E-state index is 0. The Morgan fingerprint density at radius 3 is 2.35 bits per heavy atom. The number of pyridine rings is 1. The van der Waals surface area contributed by atoms with Gasteiger partial charge in [-0.25, -0.2) is 0 Å². The molecule has 0 saturated heterocycles. The lowest BCUT2D eigenvalue weighted by Crippen LogP contribution is -2.52. The fourth-order valence-corrected chi connectivity index (χ4v) is 2.52. The number of amides is 1. The first-order valence-corrected chi connectivity index (χ1v) is 7.70. The number of allylic oxidation sites excluding steroid dienone is 2. The highest BCUT2D eigenvalue weighted by molar-refractivity contribution is 8.93. The van der Waals surface area contributed by atoms with Gasteiger partial charge in [0.2, 0.25) is 5.91 Å². The lowest BCUT2D eigenvalue weighted by molar-refractivity contribution is -0.119. The third-order valence-corrected chi connectivity index (χ3v) is 3.85. The standard InChI is InChI=1S/C18H25N3O.BrH/c1-13(2)7-10-20-15(5)18(22)21(11-8-14(3)4)17-12-19-9-6-16(17)20;/h6-9,12,15H,10-11H2,1-5H3;1H. The molecule has 1 aromatic rings. The summed E-state index contributed by atoms with van der Waals surface area (Å²) >= 11 is 0. The molecule has 0 aromatic carbocycles. The van der Waals surface area contributed by atoms with Crippen LogP contribution in [0.4, 0.5) is 11.4 Å². The van der Waals surface area contributed by atoms with Gasteiger partial charge < -0.3 is 9.80 Å². The summed E-state index contributed by atoms with van der Waals surface area (Å²) in [5.41, 5.74) is 4.42. The third kappa shape index (κ3) is 4.44. The zero-order chi connectivity index (χ0) is 16.3. The number of aromatic nitrogens is 1. The minimum atomic E-state index is -0.170. The van der Waals surface area contributed by atoms with Gasteiger partial charge in [0.1, 0.15) is 6.04 Å². The number of hydrogen-bond donors (Lipinski definition) is 0. The first-order chi connectivity index (χ1) is 10.4. The number of anilines is 2. The molecule has 1 aliphatic heterocycles. The number of carbonyl (C=O) groups excluding carboxylic acids is 1. The van der Waals surface area contributed by atoms with Gasteiger partial charge >= 0.3 is 0 Å². The smallest absolute Gasteiger partial charge is 0.249 e. The SMILES string of the molecule is Br.CC(C)=CCN1C(=O)C(C)N(CC=C(C)C)c2ccncc21. The van der Waals surface area contributed by atoms with Crippen molar-refractivity contribution in [3.05, 3.63) is 41.8 Å². The molecule has 0 bridgehead atoms. The zero-order valence-electron chi connectivity index (χ0n) is 14.5. The first kappa shape index (κ1) is 19.4. The van der Waals surface area contributed by atoms with Gasteiger partial charge in [-0.15, -0.1) is 17.0 Å². The largest absolute Gasteiger partial charge is 0.354 e. The van der Waals surface area contributed by atoms with Gasteiger partial charge in [0.15, 0.2) is 0 Å². The van der Waals surface area contributed by atoms with Crippen molar-refractivity contribution in [3.63, 3.8) is 0 Å². The number of halogens is 1. The molecule has 23 heavy (non-hydrogen) atoms. The summed E-state index contributed by atoms with van der Waals surface area (Å²) in [6.45, 7) is 11.5. The Kier molecular flexibility index (Phi) is 7.01. The predicted octanol–water partition coefficient (Wildman–Crippen LogP) is 4.13. The van der Waals surface area contributed by atoms with Gasteiger partial charge in [0.05, 0.1) is 17.6 Å². The van der Waals surface area contributed by atoms with Crippen LogP contribution >= 0.6 is 17.0 Å². The van der Waals surface area contributed by atoms with Crippen LogP contribution in [0.5, 0.6) is 0 Å². The van der Waals surface area contributed by atoms with Crippen molar-refractivity contribution in [1.29, 1.82) is 0 Å². The molecule has 0 radical (unpaired) electrons. The van der Waals surface area contributed by atoms with Crippen LogP contribution in [0.1, 0.15) is 34.6 Å². The summed E-state index contributed by atoms with van der Waals surface area (Å²) in [5, 5.41) is 0. The Hall–Kier alpha value is -1.62. The Morgan fingerprint density at radius 1 is 1.13 bits per heavy atom. The second-order valence-corrected chi connectivity index (χ2v) is 6.20. The molecule has 1 aromatic heterocycles. The maximum Gasteiger partial charge on any atom is 0.249 e. The quantitative estimate of drug-likeness (QED) is 0.737. The fourth-order valence-electron chi connectivity index (χ4n) is 2.52. The van der Waals surface area contributed by atoms with Crippen molar-refractivity contribution in [2.45, 2.75) is 40.7 Å². The Morgan fingerprint density at radius 2 is 1.74 bits per heavy atom. The Labute approximate surface area is 149 Å². The van der Waals surface area contributed by atoms with E-state index in [-0.39, 0.29) is 28.9 Å². The van der Waals surface area contributed by atoms with E-state index in [4.69, 9.17) is 0 Å². The van der Waals surface area contributed by atoms with E-state index in [1.54, 1.807) is 12.4 Å². The monoisotopic (exact) mass is 379 g/mol. The number of rotatable bonds is 4. The van der Waals surface area contributed by atoms with Crippen molar-refractivity contribution < 1.29 is 4.79 Å². The Bertz CT molecular complexity index is 616. The van der Waals surface area contributed by atoms with Crippen molar-refractivity contribution in [1.82, 2.24) is 4.98 Å². The van der Waals surface area contributed by atoms with Crippen LogP contribution in [0.3, 0.4) is 0 Å². The molecular formula is C18H26BrN3O. The second kappa shape index (κ2) is 8.29. The van der Waals surface area contributed by atoms with Crippen LogP contribution in [0.15, 0.2) is 41.8 Å². The molecule has 1 atom stereocenters. The molecule has 2 rings (SSSR count). The summed E-state index contributed by atoms with van der Waals surface area (Å²) in [6, 6.07) is 1.82. The molecule has 1 amide bonds. The maximum atomic E-state index is 12.8. The van der Waals surface area contributed by atoms with E-state index < -0.39 is 0 Å². The average molecular weight is 380 g/mol. The zero-order valence-corrected chi connectivity index (χ0v) is 16.2. The summed E-state index contributed by atoms with van der Waals surface area (Å²) in [7, 11) is 0. The van der Waals surface area contributed by atoms with Crippen molar-refractivity contribution in [3.8, 4) is 0 Å². The summed E-state index contributed by atoms with van der Waals surface area (Å²) in [4.78, 5) is 20.9. The minimum Gasteiger partial charge on any atom is -0.354 e. The van der Waals surface area contributed by atoms with Crippen LogP contribution in [0.2, 0.25) is 0 Å². The van der Waals surface area contributed by atoms with Crippen molar-refractivity contribution in [2.75, 3.05) is 22.9 Å². The molecule has 0 spiro atoms. The van der Waals surface area contributed by atoms with Crippen LogP contribution < -0.4 is 9.80 Å². The summed E-state index contributed by atoms with van der Waals surface area (Å²) in [5.74, 6) is 0.125. The molecule has 1 unspecified atom stereocenters. The fraction of sp³-hybridized carbons (Fsp3) is 0.444. The topological polar surface area (TPSA) is 36.4 Å². The van der Waals surface area contributed by atoms with Crippen LogP contribution in [-0.2, 0) is 4.79 Å². The number of carbonyl (C=O) groups is 1. The highest BCUT2D eigenvalue weighted by Crippen LogP contribution is 2.35. The van der Waals surface area contributed by atoms with E-state index in [1.165, 1.54) is 11.1 Å². The number of nitrogens with zero attached hydrogens (tertiary/aromatic N) is 3. The summed E-state index contributed by atoms with van der Waals surface area (Å²) in [6.07, 6.45) is 7.80. The molecule has 1 aliphatic rings. The molecule has 0 fully saturated rings. The van der Waals surface area contributed by atoms with Gasteiger partial charge in [-0.05, 0) is 40.7 Å². The highest BCUT2D eigenvalue weighted by Gasteiger charge is 2.34. The van der Waals surface area contributed by atoms with Crippen LogP contribution in [-0.4, -0.2) is 30.0 Å². The first-order valence-electron chi connectivity index (χ1n) is 7.70. The molecule has 0 saturated carbocycles. The molecule has 2 heterocycles. The summed E-state index contributed by atoms with van der Waals surface area (Å²) < 4.78 is 0. The predicted molar refractivity (Wildman–Crippen MR) is 103 cm³/mol. The Balaban J connectivity index is 0.00000264. The van der Waals surface area contributed by atoms with E-state index in [2.05, 4.69) is 35.9 Å². The lowest BCUT2D eigenvalue weighted by atomic mass is 10.1. The van der Waals surface area contributed by atoms with Gasteiger partial charge in [-0.1, -0.05) is 23.3 Å². The van der Waals surface area contributed by atoms with E-state index >= 15 is 0 Å². The van der Waals surface area contributed by atoms with Gasteiger partial charge in [0.25, 0.3) is 0 Å². The molecule has 5 heteroatoms. The van der Waals surface area contributed by atoms with E-state index in [0.29, 0.717) is 6.54 Å². The van der Waals surface area contributed by atoms with E-state index in [0.717, 1.165) is 17.9 Å². The molecular weight excluding hydrogens is 354 g/mol. The lowest BCUT2D eigenvalue weighted by Gasteiger charge is -2.40. The van der Waals surface area contributed by atoms with Gasteiger partial charge in [-0.3, -0.25) is 9.78 Å². The van der Waals surface area contributed by atoms with Crippen LogP contribution in [0.25, 0.3) is 0 Å². The molecule has 4 nitrogen and oxygen atoms in total. The molecule has 126 valence electrons. The van der Waals surface area contributed by atoms with Gasteiger partial charge in [0, 0.05) is 19.3 Å². The second-order valence-electron chi connectivity index (χ2n) is 6.20. The van der Waals surface area contributed by atoms with Crippen molar-refractivity contribution >= 4 is 34.3 Å². The number of fused-ring (bicyclic) bond motifs is 1. The average Bonchev–Trinajstić information content (AvgIpc) is 2.47. The molecule has 0 aliphatic carbocycles. The molecule has 0 N–H and O–H groups in total.